The van der Waals surface area contributed by atoms with Crippen LogP contribution >= 0.6 is 27.5 Å². The van der Waals surface area contributed by atoms with E-state index in [-0.39, 0.29) is 0 Å². The quantitative estimate of drug-likeness (QED) is 0.775. The van der Waals surface area contributed by atoms with Crippen LogP contribution in [-0.4, -0.2) is 7.11 Å². The third-order valence-electron chi connectivity index (χ3n) is 2.30. The van der Waals surface area contributed by atoms with Crippen LogP contribution in [0, 0.1) is 0 Å². The van der Waals surface area contributed by atoms with Crippen LogP contribution in [0.1, 0.15) is 0 Å². The summed E-state index contributed by atoms with van der Waals surface area (Å²) in [5.41, 5.74) is 2.07. The lowest BCUT2D eigenvalue weighted by molar-refractivity contribution is 0.416. The maximum atomic E-state index is 6.00. The van der Waals surface area contributed by atoms with E-state index in [1.807, 2.05) is 42.5 Å². The van der Waals surface area contributed by atoms with Crippen molar-refractivity contribution in [2.75, 3.05) is 7.11 Å². The van der Waals surface area contributed by atoms with Gasteiger partial charge < -0.3 is 4.74 Å². The van der Waals surface area contributed by atoms with Gasteiger partial charge in [0.1, 0.15) is 5.75 Å². The molecule has 3 heteroatoms. The minimum Gasteiger partial charge on any atom is -0.496 e. The minimum absolute atomic E-state index is 0.704. The van der Waals surface area contributed by atoms with Crippen LogP contribution in [0.3, 0.4) is 0 Å². The molecule has 0 fully saturated rings. The molecule has 0 bridgehead atoms. The average molecular weight is 298 g/mol. The lowest BCUT2D eigenvalue weighted by Gasteiger charge is -2.09. The highest BCUT2D eigenvalue weighted by Crippen LogP contribution is 2.33. The van der Waals surface area contributed by atoms with Crippen molar-refractivity contribution in [2.24, 2.45) is 0 Å². The van der Waals surface area contributed by atoms with E-state index >= 15 is 0 Å². The van der Waals surface area contributed by atoms with Gasteiger partial charge in [0.15, 0.2) is 0 Å². The fraction of sp³-hybridized carbons (Fsp3) is 0.0769. The minimum atomic E-state index is 0.704. The molecule has 2 rings (SSSR count). The van der Waals surface area contributed by atoms with Gasteiger partial charge in [-0.05, 0) is 35.9 Å². The molecule has 0 atom stereocenters. The Bertz CT molecular complexity index is 511. The normalized spacial score (nSPS) is 10.2. The third kappa shape index (κ3) is 2.39. The van der Waals surface area contributed by atoms with Crippen LogP contribution in [0.25, 0.3) is 11.1 Å². The van der Waals surface area contributed by atoms with Crippen LogP contribution in [0.15, 0.2) is 46.9 Å². The molecule has 0 aromatic heterocycles. The van der Waals surface area contributed by atoms with E-state index in [1.54, 1.807) is 7.11 Å². The van der Waals surface area contributed by atoms with Crippen molar-refractivity contribution in [1.82, 2.24) is 0 Å². The molecular weight excluding hydrogens is 287 g/mol. The first-order valence-electron chi connectivity index (χ1n) is 4.80. The maximum Gasteiger partial charge on any atom is 0.126 e. The Morgan fingerprint density at radius 1 is 1.12 bits per heavy atom. The molecule has 16 heavy (non-hydrogen) atoms. The summed E-state index contributed by atoms with van der Waals surface area (Å²) in [6, 6.07) is 13.6. The molecule has 2 aromatic rings. The van der Waals surface area contributed by atoms with Gasteiger partial charge in [0.25, 0.3) is 0 Å². The number of halogens is 2. The standard InChI is InChI=1S/C13H10BrClO/c1-16-13-6-5-11(15)8-12(13)9-3-2-4-10(14)7-9/h2-8H,1H3. The summed E-state index contributed by atoms with van der Waals surface area (Å²) >= 11 is 9.45. The van der Waals surface area contributed by atoms with Gasteiger partial charge in [0.05, 0.1) is 7.11 Å². The molecule has 0 saturated heterocycles. The summed E-state index contributed by atoms with van der Waals surface area (Å²) < 4.78 is 6.35. The van der Waals surface area contributed by atoms with Crippen molar-refractivity contribution < 1.29 is 4.74 Å². The summed E-state index contributed by atoms with van der Waals surface area (Å²) in [7, 11) is 1.66. The van der Waals surface area contributed by atoms with Gasteiger partial charge in [-0.2, -0.15) is 0 Å². The molecule has 0 N–H and O–H groups in total. The van der Waals surface area contributed by atoms with Gasteiger partial charge in [-0.15, -0.1) is 0 Å². The molecule has 82 valence electrons. The highest BCUT2D eigenvalue weighted by atomic mass is 79.9. The van der Waals surface area contributed by atoms with Gasteiger partial charge >= 0.3 is 0 Å². The van der Waals surface area contributed by atoms with E-state index in [9.17, 15) is 0 Å². The van der Waals surface area contributed by atoms with Gasteiger partial charge in [0.2, 0.25) is 0 Å². The van der Waals surface area contributed by atoms with Crippen molar-refractivity contribution in [3.63, 3.8) is 0 Å². The summed E-state index contributed by atoms with van der Waals surface area (Å²) in [6.45, 7) is 0. The SMILES string of the molecule is COc1ccc(Cl)cc1-c1cccc(Br)c1. The average Bonchev–Trinajstić information content (AvgIpc) is 2.29. The summed E-state index contributed by atoms with van der Waals surface area (Å²) in [4.78, 5) is 0. The fourth-order valence-electron chi connectivity index (χ4n) is 1.56. The molecule has 0 aliphatic rings. The molecule has 0 aliphatic carbocycles. The second kappa shape index (κ2) is 4.89. The zero-order valence-corrected chi connectivity index (χ0v) is 11.0. The molecule has 0 saturated carbocycles. The van der Waals surface area contributed by atoms with Crippen LogP contribution in [0.4, 0.5) is 0 Å². The monoisotopic (exact) mass is 296 g/mol. The van der Waals surface area contributed by atoms with E-state index in [2.05, 4.69) is 15.9 Å². The molecular formula is C13H10BrClO. The van der Waals surface area contributed by atoms with Gasteiger partial charge in [-0.3, -0.25) is 0 Å². The smallest absolute Gasteiger partial charge is 0.126 e. The molecule has 0 aliphatic heterocycles. The van der Waals surface area contributed by atoms with Gasteiger partial charge in [0, 0.05) is 15.1 Å². The molecule has 0 spiro atoms. The summed E-state index contributed by atoms with van der Waals surface area (Å²) in [6.07, 6.45) is 0. The van der Waals surface area contributed by atoms with E-state index in [0.717, 1.165) is 21.3 Å². The molecule has 2 aromatic carbocycles. The number of benzene rings is 2. The summed E-state index contributed by atoms with van der Waals surface area (Å²) in [5, 5.41) is 0.704. The first-order chi connectivity index (χ1) is 7.70. The number of hydrogen-bond acceptors (Lipinski definition) is 1. The lowest BCUT2D eigenvalue weighted by Crippen LogP contribution is -1.87. The van der Waals surface area contributed by atoms with Gasteiger partial charge in [-0.1, -0.05) is 39.7 Å². The van der Waals surface area contributed by atoms with Crippen molar-refractivity contribution >= 4 is 27.5 Å². The van der Waals surface area contributed by atoms with Crippen LogP contribution in [-0.2, 0) is 0 Å². The Kier molecular flexibility index (Phi) is 3.52. The Morgan fingerprint density at radius 2 is 1.94 bits per heavy atom. The first-order valence-corrected chi connectivity index (χ1v) is 5.97. The highest BCUT2D eigenvalue weighted by molar-refractivity contribution is 9.10. The number of hydrogen-bond donors (Lipinski definition) is 0. The van der Waals surface area contributed by atoms with E-state index < -0.39 is 0 Å². The van der Waals surface area contributed by atoms with Gasteiger partial charge in [-0.25, -0.2) is 0 Å². The topological polar surface area (TPSA) is 9.23 Å². The Morgan fingerprint density at radius 3 is 2.62 bits per heavy atom. The fourth-order valence-corrected chi connectivity index (χ4v) is 2.13. The predicted molar refractivity (Wildman–Crippen MR) is 71.1 cm³/mol. The Labute approximate surface area is 108 Å². The number of ether oxygens (including phenoxy) is 1. The largest absolute Gasteiger partial charge is 0.496 e. The predicted octanol–water partition coefficient (Wildman–Crippen LogP) is 4.78. The molecule has 0 radical (unpaired) electrons. The zero-order chi connectivity index (χ0) is 11.5. The van der Waals surface area contributed by atoms with E-state index in [1.165, 1.54) is 0 Å². The van der Waals surface area contributed by atoms with E-state index in [4.69, 9.17) is 16.3 Å². The summed E-state index contributed by atoms with van der Waals surface area (Å²) in [5.74, 6) is 0.822. The second-order valence-corrected chi connectivity index (χ2v) is 4.71. The number of rotatable bonds is 2. The maximum absolute atomic E-state index is 6.00. The highest BCUT2D eigenvalue weighted by Gasteiger charge is 2.06. The number of methoxy groups -OCH3 is 1. The third-order valence-corrected chi connectivity index (χ3v) is 3.03. The van der Waals surface area contributed by atoms with Crippen molar-refractivity contribution in [3.05, 3.63) is 52.0 Å². The first kappa shape index (κ1) is 11.5. The van der Waals surface area contributed by atoms with Crippen LogP contribution < -0.4 is 4.74 Å². The second-order valence-electron chi connectivity index (χ2n) is 3.35. The molecule has 0 heterocycles. The molecule has 1 nitrogen and oxygen atoms in total. The molecule has 0 amide bonds. The zero-order valence-electron chi connectivity index (χ0n) is 8.71. The Hall–Kier alpha value is -0.990. The lowest BCUT2D eigenvalue weighted by atomic mass is 10.1. The molecule has 0 unspecified atom stereocenters. The van der Waals surface area contributed by atoms with Crippen LogP contribution in [0.5, 0.6) is 5.75 Å². The Balaban J connectivity index is 2.58. The van der Waals surface area contributed by atoms with Crippen molar-refractivity contribution in [3.8, 4) is 16.9 Å². The van der Waals surface area contributed by atoms with Crippen LogP contribution in [0.2, 0.25) is 5.02 Å². The van der Waals surface area contributed by atoms with Crippen molar-refractivity contribution in [2.45, 2.75) is 0 Å². The van der Waals surface area contributed by atoms with E-state index in [0.29, 0.717) is 5.02 Å². The van der Waals surface area contributed by atoms with Crippen molar-refractivity contribution in [1.29, 1.82) is 0 Å².